The van der Waals surface area contributed by atoms with Gasteiger partial charge in [-0.05, 0) is 55.0 Å². The van der Waals surface area contributed by atoms with Crippen LogP contribution in [0, 0.1) is 6.92 Å². The molecule has 15 heavy (non-hydrogen) atoms. The summed E-state index contributed by atoms with van der Waals surface area (Å²) < 4.78 is 0. The Bertz CT molecular complexity index is 394. The van der Waals surface area contributed by atoms with E-state index in [-0.39, 0.29) is 0 Å². The molecule has 1 aliphatic carbocycles. The fourth-order valence-corrected chi connectivity index (χ4v) is 2.72. The van der Waals surface area contributed by atoms with E-state index in [1.165, 1.54) is 36.9 Å². The summed E-state index contributed by atoms with van der Waals surface area (Å²) in [6.07, 6.45) is 4.01. The Hall–Kier alpha value is -1.02. The van der Waals surface area contributed by atoms with Gasteiger partial charge in [0.1, 0.15) is 0 Å². The zero-order valence-electron chi connectivity index (χ0n) is 9.29. The van der Waals surface area contributed by atoms with Gasteiger partial charge in [-0.15, -0.1) is 0 Å². The normalized spacial score (nSPS) is 21.4. The Morgan fingerprint density at radius 2 is 2.13 bits per heavy atom. The van der Waals surface area contributed by atoms with Crippen LogP contribution >= 0.6 is 0 Å². The lowest BCUT2D eigenvalue weighted by Crippen LogP contribution is -2.32. The maximum absolute atomic E-state index is 5.90. The summed E-state index contributed by atoms with van der Waals surface area (Å²) in [4.78, 5) is 2.61. The average molecular weight is 202 g/mol. The lowest BCUT2D eigenvalue weighted by molar-refractivity contribution is 0.243. The van der Waals surface area contributed by atoms with Crippen LogP contribution in [-0.4, -0.2) is 17.5 Å². The first kappa shape index (κ1) is 9.22. The van der Waals surface area contributed by atoms with E-state index >= 15 is 0 Å². The van der Waals surface area contributed by atoms with Crippen LogP contribution in [0.5, 0.6) is 0 Å². The first-order valence-corrected chi connectivity index (χ1v) is 5.86. The van der Waals surface area contributed by atoms with E-state index in [0.717, 1.165) is 18.3 Å². The molecule has 2 aliphatic rings. The summed E-state index contributed by atoms with van der Waals surface area (Å²) in [5.74, 6) is 0. The van der Waals surface area contributed by atoms with Gasteiger partial charge in [-0.1, -0.05) is 0 Å². The number of anilines is 1. The second-order valence-corrected chi connectivity index (χ2v) is 4.93. The van der Waals surface area contributed by atoms with Crippen LogP contribution in [0.3, 0.4) is 0 Å². The largest absolute Gasteiger partial charge is 0.399 e. The molecule has 0 spiro atoms. The molecule has 1 aromatic carbocycles. The minimum Gasteiger partial charge on any atom is -0.399 e. The number of rotatable bonds is 1. The van der Waals surface area contributed by atoms with Crippen LogP contribution in [-0.2, 0) is 13.0 Å². The van der Waals surface area contributed by atoms with E-state index in [2.05, 4.69) is 24.0 Å². The van der Waals surface area contributed by atoms with E-state index in [1.54, 1.807) is 5.56 Å². The molecule has 0 radical (unpaired) electrons. The maximum Gasteiger partial charge on any atom is 0.0320 e. The van der Waals surface area contributed by atoms with Crippen molar-refractivity contribution in [1.29, 1.82) is 0 Å². The number of nitrogens with two attached hydrogens (primary N) is 1. The minimum absolute atomic E-state index is 0.875. The average Bonchev–Trinajstić information content (AvgIpc) is 2.99. The summed E-state index contributed by atoms with van der Waals surface area (Å²) in [5, 5.41) is 0. The Balaban J connectivity index is 1.93. The number of nitrogen functional groups attached to an aromatic ring is 1. The Morgan fingerprint density at radius 1 is 1.33 bits per heavy atom. The number of benzene rings is 1. The van der Waals surface area contributed by atoms with Crippen LogP contribution < -0.4 is 5.73 Å². The quantitative estimate of drug-likeness (QED) is 0.707. The van der Waals surface area contributed by atoms with E-state index in [0.29, 0.717) is 0 Å². The van der Waals surface area contributed by atoms with E-state index in [9.17, 15) is 0 Å². The number of hydrogen-bond acceptors (Lipinski definition) is 2. The van der Waals surface area contributed by atoms with Gasteiger partial charge in [-0.25, -0.2) is 0 Å². The van der Waals surface area contributed by atoms with Gasteiger partial charge in [-0.2, -0.15) is 0 Å². The van der Waals surface area contributed by atoms with Crippen LogP contribution in [0.4, 0.5) is 5.69 Å². The van der Waals surface area contributed by atoms with Crippen molar-refractivity contribution in [2.24, 2.45) is 0 Å². The molecule has 0 bridgehead atoms. The lowest BCUT2D eigenvalue weighted by atomic mass is 9.94. The number of nitrogens with zero attached hydrogens (tertiary/aromatic N) is 1. The Labute approximate surface area is 91.1 Å². The number of hydrogen-bond donors (Lipinski definition) is 1. The van der Waals surface area contributed by atoms with Gasteiger partial charge in [0.15, 0.2) is 0 Å². The summed E-state index contributed by atoms with van der Waals surface area (Å²) in [7, 11) is 0. The molecule has 1 aromatic rings. The molecule has 2 heteroatoms. The van der Waals surface area contributed by atoms with Gasteiger partial charge in [-0.3, -0.25) is 4.90 Å². The number of aryl methyl sites for hydroxylation is 1. The molecule has 0 unspecified atom stereocenters. The third-order valence-corrected chi connectivity index (χ3v) is 3.67. The van der Waals surface area contributed by atoms with Gasteiger partial charge in [0.05, 0.1) is 0 Å². The fourth-order valence-electron chi connectivity index (χ4n) is 2.72. The molecule has 1 heterocycles. The highest BCUT2D eigenvalue weighted by Gasteiger charge is 2.31. The molecule has 0 aromatic heterocycles. The van der Waals surface area contributed by atoms with E-state index < -0.39 is 0 Å². The maximum atomic E-state index is 5.90. The molecule has 1 saturated carbocycles. The summed E-state index contributed by atoms with van der Waals surface area (Å²) in [6, 6.07) is 5.14. The van der Waals surface area contributed by atoms with Crippen molar-refractivity contribution < 1.29 is 0 Å². The first-order valence-electron chi connectivity index (χ1n) is 5.86. The molecular weight excluding hydrogens is 184 g/mol. The topological polar surface area (TPSA) is 29.3 Å². The van der Waals surface area contributed by atoms with Crippen molar-refractivity contribution >= 4 is 5.69 Å². The van der Waals surface area contributed by atoms with Crippen LogP contribution in [0.25, 0.3) is 0 Å². The van der Waals surface area contributed by atoms with Gasteiger partial charge in [0, 0.05) is 24.8 Å². The fraction of sp³-hybridized carbons (Fsp3) is 0.538. The van der Waals surface area contributed by atoms with E-state index in [1.807, 2.05) is 0 Å². The highest BCUT2D eigenvalue weighted by Crippen LogP contribution is 2.33. The molecule has 2 N–H and O–H groups in total. The molecular formula is C13H18N2. The van der Waals surface area contributed by atoms with Crippen LogP contribution in [0.15, 0.2) is 12.1 Å². The third kappa shape index (κ3) is 1.63. The molecule has 1 fully saturated rings. The van der Waals surface area contributed by atoms with Crippen LogP contribution in [0.1, 0.15) is 29.5 Å². The predicted octanol–water partition coefficient (Wildman–Crippen LogP) is 2.10. The van der Waals surface area contributed by atoms with Gasteiger partial charge >= 0.3 is 0 Å². The lowest BCUT2D eigenvalue weighted by Gasteiger charge is -2.30. The van der Waals surface area contributed by atoms with Crippen molar-refractivity contribution in [3.05, 3.63) is 28.8 Å². The van der Waals surface area contributed by atoms with Crippen molar-refractivity contribution in [2.75, 3.05) is 12.3 Å². The Morgan fingerprint density at radius 3 is 2.87 bits per heavy atom. The van der Waals surface area contributed by atoms with Crippen molar-refractivity contribution in [3.63, 3.8) is 0 Å². The van der Waals surface area contributed by atoms with Crippen LogP contribution in [0.2, 0.25) is 0 Å². The molecule has 3 rings (SSSR count). The Kier molecular flexibility index (Phi) is 1.99. The summed E-state index contributed by atoms with van der Waals surface area (Å²) in [5.41, 5.74) is 11.2. The second-order valence-electron chi connectivity index (χ2n) is 4.93. The molecule has 80 valence electrons. The first-order chi connectivity index (χ1) is 7.24. The molecule has 0 amide bonds. The van der Waals surface area contributed by atoms with Crippen molar-refractivity contribution in [2.45, 2.75) is 38.8 Å². The monoisotopic (exact) mass is 202 g/mol. The zero-order valence-corrected chi connectivity index (χ0v) is 9.29. The summed E-state index contributed by atoms with van der Waals surface area (Å²) in [6.45, 7) is 4.54. The highest BCUT2D eigenvalue weighted by molar-refractivity contribution is 5.50. The minimum atomic E-state index is 0.875. The molecule has 0 saturated heterocycles. The third-order valence-electron chi connectivity index (χ3n) is 3.67. The van der Waals surface area contributed by atoms with Gasteiger partial charge in [0.2, 0.25) is 0 Å². The molecule has 1 aliphatic heterocycles. The predicted molar refractivity (Wildman–Crippen MR) is 62.7 cm³/mol. The van der Waals surface area contributed by atoms with E-state index in [4.69, 9.17) is 5.73 Å². The SMILES string of the molecule is Cc1cc(N)cc2c1CCN(C1CC1)C2. The van der Waals surface area contributed by atoms with Gasteiger partial charge < -0.3 is 5.73 Å². The number of fused-ring (bicyclic) bond motifs is 1. The molecule has 0 atom stereocenters. The standard InChI is InChI=1S/C13H18N2/c1-9-6-11(14)7-10-8-15(12-2-3-12)5-4-13(9)10/h6-7,12H,2-5,8,14H2,1H3. The zero-order chi connectivity index (χ0) is 10.4. The van der Waals surface area contributed by atoms with Crippen molar-refractivity contribution in [1.82, 2.24) is 4.90 Å². The summed E-state index contributed by atoms with van der Waals surface area (Å²) >= 11 is 0. The second kappa shape index (κ2) is 3.24. The highest BCUT2D eigenvalue weighted by atomic mass is 15.2. The smallest absolute Gasteiger partial charge is 0.0320 e. The van der Waals surface area contributed by atoms with Crippen molar-refractivity contribution in [3.8, 4) is 0 Å². The van der Waals surface area contributed by atoms with Gasteiger partial charge in [0.25, 0.3) is 0 Å². The molecule has 2 nitrogen and oxygen atoms in total.